The Morgan fingerprint density at radius 2 is 2.23 bits per heavy atom. The number of nitrogens with zero attached hydrogens (tertiary/aromatic N) is 2. The van der Waals surface area contributed by atoms with Gasteiger partial charge in [0.05, 0.1) is 10.4 Å². The smallest absolute Gasteiger partial charge is 0.0720 e. The van der Waals surface area contributed by atoms with Crippen molar-refractivity contribution in [1.82, 2.24) is 4.90 Å². The third kappa shape index (κ3) is 2.50. The molecule has 1 fully saturated rings. The maximum atomic E-state index is 4.09. The number of aliphatic imine (C=N–C) groups is 1. The summed E-state index contributed by atoms with van der Waals surface area (Å²) in [4.78, 5) is 6.27. The molecule has 0 bridgehead atoms. The normalized spacial score (nSPS) is 27.6. The summed E-state index contributed by atoms with van der Waals surface area (Å²) in [5.41, 5.74) is 1.11. The molecule has 0 N–H and O–H groups in total. The largest absolute Gasteiger partial charge is 0.376 e. The summed E-state index contributed by atoms with van der Waals surface area (Å²) in [6.07, 6.45) is 2.11. The lowest BCUT2D eigenvalue weighted by Gasteiger charge is -2.21. The fourth-order valence-corrected chi connectivity index (χ4v) is 1.57. The van der Waals surface area contributed by atoms with E-state index in [1.54, 1.807) is 0 Å². The maximum absolute atomic E-state index is 4.09. The van der Waals surface area contributed by atoms with E-state index in [1.807, 2.05) is 11.8 Å². The van der Waals surface area contributed by atoms with Gasteiger partial charge in [-0.1, -0.05) is 0 Å². The Morgan fingerprint density at radius 1 is 1.69 bits per heavy atom. The average Bonchev–Trinajstić information content (AvgIpc) is 2.79. The van der Waals surface area contributed by atoms with Crippen molar-refractivity contribution in [1.29, 1.82) is 0 Å². The summed E-state index contributed by atoms with van der Waals surface area (Å²) in [7, 11) is 2.08. The van der Waals surface area contributed by atoms with E-state index in [1.165, 1.54) is 5.75 Å². The van der Waals surface area contributed by atoms with Crippen LogP contribution in [0.2, 0.25) is 0 Å². The van der Waals surface area contributed by atoms with Crippen LogP contribution in [0.1, 0.15) is 20.8 Å². The van der Waals surface area contributed by atoms with E-state index in [0.717, 1.165) is 5.70 Å². The molecule has 1 rings (SSSR count). The molecule has 1 aliphatic rings. The van der Waals surface area contributed by atoms with Gasteiger partial charge in [-0.3, -0.25) is 4.99 Å². The molecule has 0 aromatic heterocycles. The minimum atomic E-state index is 0.241. The molecule has 1 saturated heterocycles. The number of rotatable bonds is 4. The highest BCUT2D eigenvalue weighted by Crippen LogP contribution is 2.50. The topological polar surface area (TPSA) is 15.6 Å². The summed E-state index contributed by atoms with van der Waals surface area (Å²) in [5.74, 6) is 1.17. The van der Waals surface area contributed by atoms with Crippen molar-refractivity contribution in [2.45, 2.75) is 31.6 Å². The van der Waals surface area contributed by atoms with Crippen molar-refractivity contribution in [3.05, 3.63) is 11.9 Å². The van der Waals surface area contributed by atoms with Crippen LogP contribution >= 0.6 is 11.8 Å². The Labute approximate surface area is 85.1 Å². The Bertz CT molecular complexity index is 229. The van der Waals surface area contributed by atoms with E-state index in [9.17, 15) is 0 Å². The van der Waals surface area contributed by atoms with Gasteiger partial charge in [-0.25, -0.2) is 0 Å². The molecule has 0 saturated carbocycles. The van der Waals surface area contributed by atoms with Gasteiger partial charge in [-0.15, -0.1) is 11.8 Å². The minimum Gasteiger partial charge on any atom is -0.376 e. The fraction of sp³-hybridized carbons (Fsp3) is 0.700. The van der Waals surface area contributed by atoms with Gasteiger partial charge in [0.25, 0.3) is 0 Å². The van der Waals surface area contributed by atoms with Gasteiger partial charge < -0.3 is 4.90 Å². The molecule has 1 unspecified atom stereocenters. The summed E-state index contributed by atoms with van der Waals surface area (Å²) < 4.78 is 0.241. The predicted octanol–water partition coefficient (Wildman–Crippen LogP) is 2.37. The van der Waals surface area contributed by atoms with Crippen LogP contribution in [0.3, 0.4) is 0 Å². The first-order valence-electron chi connectivity index (χ1n) is 4.54. The van der Waals surface area contributed by atoms with E-state index in [0.29, 0.717) is 6.04 Å². The van der Waals surface area contributed by atoms with Crippen LogP contribution in [0, 0.1) is 0 Å². The maximum Gasteiger partial charge on any atom is 0.0720 e. The molecule has 0 spiro atoms. The van der Waals surface area contributed by atoms with E-state index in [-0.39, 0.29) is 4.75 Å². The zero-order valence-electron chi connectivity index (χ0n) is 8.87. The molecule has 3 heteroatoms. The third-order valence-electron chi connectivity index (χ3n) is 2.43. The Kier molecular flexibility index (Phi) is 3.06. The molecule has 0 aliphatic carbocycles. The van der Waals surface area contributed by atoms with Crippen LogP contribution in [0.15, 0.2) is 16.9 Å². The van der Waals surface area contributed by atoms with Crippen molar-refractivity contribution < 1.29 is 0 Å². The average molecular weight is 198 g/mol. The quantitative estimate of drug-likeness (QED) is 0.509. The van der Waals surface area contributed by atoms with Crippen LogP contribution in [-0.2, 0) is 0 Å². The van der Waals surface area contributed by atoms with E-state index >= 15 is 0 Å². The first-order chi connectivity index (χ1) is 5.99. The van der Waals surface area contributed by atoms with Gasteiger partial charge in [-0.2, -0.15) is 0 Å². The van der Waals surface area contributed by atoms with Crippen LogP contribution < -0.4 is 0 Å². The number of thioether (sulfide) groups is 1. The molecule has 13 heavy (non-hydrogen) atoms. The van der Waals surface area contributed by atoms with Crippen molar-refractivity contribution in [3.8, 4) is 0 Å². The fourth-order valence-electron chi connectivity index (χ4n) is 0.943. The minimum absolute atomic E-state index is 0.241. The molecule has 0 aromatic carbocycles. The zero-order chi connectivity index (χ0) is 10.1. The van der Waals surface area contributed by atoms with Crippen LogP contribution in [0.4, 0.5) is 0 Å². The molecular weight excluding hydrogens is 180 g/mol. The third-order valence-corrected chi connectivity index (χ3v) is 3.79. The lowest BCUT2D eigenvalue weighted by Crippen LogP contribution is -2.22. The van der Waals surface area contributed by atoms with Crippen LogP contribution in [0.25, 0.3) is 0 Å². The molecular formula is C10H18N2S. The Hall–Kier alpha value is -0.440. The van der Waals surface area contributed by atoms with Gasteiger partial charge in [0.1, 0.15) is 0 Å². The Morgan fingerprint density at radius 3 is 2.54 bits per heavy atom. The molecule has 0 amide bonds. The van der Waals surface area contributed by atoms with E-state index < -0.39 is 0 Å². The molecule has 74 valence electrons. The molecule has 2 nitrogen and oxygen atoms in total. The highest BCUT2D eigenvalue weighted by Gasteiger charge is 2.42. The van der Waals surface area contributed by atoms with Crippen molar-refractivity contribution in [2.75, 3.05) is 12.8 Å². The number of hydrogen-bond donors (Lipinski definition) is 0. The lowest BCUT2D eigenvalue weighted by molar-refractivity contribution is 0.371. The van der Waals surface area contributed by atoms with Crippen molar-refractivity contribution in [3.63, 3.8) is 0 Å². The zero-order valence-corrected chi connectivity index (χ0v) is 9.69. The van der Waals surface area contributed by atoms with Crippen molar-refractivity contribution >= 4 is 18.5 Å². The predicted molar refractivity (Wildman–Crippen MR) is 61.4 cm³/mol. The first-order valence-corrected chi connectivity index (χ1v) is 5.53. The molecule has 1 atom stereocenters. The highest BCUT2D eigenvalue weighted by atomic mass is 32.2. The number of hydrogen-bond acceptors (Lipinski definition) is 3. The molecule has 1 aliphatic heterocycles. The standard InChI is InChI=1S/C10H18N2S/c1-8(2)12(5)6-9(11-4)10(3)7-13-10/h6,8H,4,7H2,1-3,5H3/b9-6-. The molecule has 0 aromatic rings. The monoisotopic (exact) mass is 198 g/mol. The van der Waals surface area contributed by atoms with Crippen molar-refractivity contribution in [2.24, 2.45) is 4.99 Å². The van der Waals surface area contributed by atoms with Gasteiger partial charge in [0.15, 0.2) is 0 Å². The lowest BCUT2D eigenvalue weighted by atomic mass is 10.1. The second-order valence-electron chi connectivity index (χ2n) is 3.95. The van der Waals surface area contributed by atoms with Crippen LogP contribution in [-0.4, -0.2) is 35.2 Å². The SMILES string of the molecule is C=N/C(=C\N(C)C(C)C)C1(C)CS1. The second-order valence-corrected chi connectivity index (χ2v) is 5.43. The van der Waals surface area contributed by atoms with Gasteiger partial charge in [0.2, 0.25) is 0 Å². The van der Waals surface area contributed by atoms with Gasteiger partial charge in [0, 0.05) is 25.0 Å². The van der Waals surface area contributed by atoms with E-state index in [2.05, 4.69) is 50.6 Å². The summed E-state index contributed by atoms with van der Waals surface area (Å²) in [6.45, 7) is 10.2. The second kappa shape index (κ2) is 3.74. The first kappa shape index (κ1) is 10.6. The van der Waals surface area contributed by atoms with E-state index in [4.69, 9.17) is 0 Å². The van der Waals surface area contributed by atoms with Gasteiger partial charge in [-0.05, 0) is 27.5 Å². The Balaban J connectivity index is 2.71. The summed E-state index contributed by atoms with van der Waals surface area (Å²) in [6, 6.07) is 0.518. The summed E-state index contributed by atoms with van der Waals surface area (Å²) >= 11 is 1.93. The molecule has 1 heterocycles. The van der Waals surface area contributed by atoms with Crippen LogP contribution in [0.5, 0.6) is 0 Å². The summed E-state index contributed by atoms with van der Waals surface area (Å²) in [5, 5.41) is 0. The molecule has 0 radical (unpaired) electrons. The van der Waals surface area contributed by atoms with Gasteiger partial charge >= 0.3 is 0 Å². The highest BCUT2D eigenvalue weighted by molar-refractivity contribution is 8.08.